The monoisotopic (exact) mass is 268 g/mol. The Morgan fingerprint density at radius 2 is 1.75 bits per heavy atom. The molecule has 2 aliphatic rings. The lowest BCUT2D eigenvalue weighted by Gasteiger charge is -2.43. The third-order valence-electron chi connectivity index (χ3n) is 4.38. The second-order valence-corrected chi connectivity index (χ2v) is 5.55. The van der Waals surface area contributed by atoms with Crippen molar-refractivity contribution in [2.45, 2.75) is 25.6 Å². The van der Waals surface area contributed by atoms with Gasteiger partial charge < -0.3 is 9.80 Å². The molecule has 102 valence electrons. The van der Waals surface area contributed by atoms with Crippen LogP contribution in [0.3, 0.4) is 0 Å². The SMILES string of the molecule is Fc1ccc(N2Cc3ccccc3N3CCCC23)cc1. The van der Waals surface area contributed by atoms with E-state index in [4.69, 9.17) is 0 Å². The van der Waals surface area contributed by atoms with Crippen LogP contribution in [0.4, 0.5) is 15.8 Å². The molecule has 0 saturated carbocycles. The quantitative estimate of drug-likeness (QED) is 0.776. The number of nitrogens with zero attached hydrogens (tertiary/aromatic N) is 2. The van der Waals surface area contributed by atoms with E-state index in [9.17, 15) is 4.39 Å². The molecule has 3 heteroatoms. The van der Waals surface area contributed by atoms with Crippen LogP contribution in [0.25, 0.3) is 0 Å². The van der Waals surface area contributed by atoms with Gasteiger partial charge in [0.25, 0.3) is 0 Å². The van der Waals surface area contributed by atoms with Gasteiger partial charge >= 0.3 is 0 Å². The molecule has 0 bridgehead atoms. The average molecular weight is 268 g/mol. The molecule has 2 aliphatic heterocycles. The van der Waals surface area contributed by atoms with Crippen molar-refractivity contribution >= 4 is 11.4 Å². The maximum Gasteiger partial charge on any atom is 0.123 e. The van der Waals surface area contributed by atoms with Crippen LogP contribution in [0.2, 0.25) is 0 Å². The summed E-state index contributed by atoms with van der Waals surface area (Å²) >= 11 is 0. The molecule has 2 nitrogen and oxygen atoms in total. The molecule has 0 aromatic heterocycles. The highest BCUT2D eigenvalue weighted by Gasteiger charge is 2.35. The smallest absolute Gasteiger partial charge is 0.123 e. The van der Waals surface area contributed by atoms with Gasteiger partial charge in [0.1, 0.15) is 12.0 Å². The lowest BCUT2D eigenvalue weighted by Crippen LogP contribution is -2.48. The molecule has 4 rings (SSSR count). The molecule has 1 unspecified atom stereocenters. The van der Waals surface area contributed by atoms with Crippen molar-refractivity contribution in [1.29, 1.82) is 0 Å². The van der Waals surface area contributed by atoms with Crippen LogP contribution in [0, 0.1) is 5.82 Å². The minimum absolute atomic E-state index is 0.172. The number of fused-ring (bicyclic) bond motifs is 3. The number of halogens is 1. The average Bonchev–Trinajstić information content (AvgIpc) is 2.97. The second kappa shape index (κ2) is 4.51. The fraction of sp³-hybridized carbons (Fsp3) is 0.294. The van der Waals surface area contributed by atoms with Crippen LogP contribution in [-0.2, 0) is 6.54 Å². The second-order valence-electron chi connectivity index (χ2n) is 5.55. The van der Waals surface area contributed by atoms with Crippen LogP contribution in [0.1, 0.15) is 18.4 Å². The Kier molecular flexibility index (Phi) is 2.66. The molecule has 0 spiro atoms. The van der Waals surface area contributed by atoms with Crippen molar-refractivity contribution in [3.05, 3.63) is 59.9 Å². The van der Waals surface area contributed by atoms with E-state index >= 15 is 0 Å². The summed E-state index contributed by atoms with van der Waals surface area (Å²) in [6, 6.07) is 15.5. The Balaban J connectivity index is 1.76. The first-order valence-corrected chi connectivity index (χ1v) is 7.20. The van der Waals surface area contributed by atoms with Crippen molar-refractivity contribution in [2.75, 3.05) is 16.3 Å². The van der Waals surface area contributed by atoms with E-state index in [-0.39, 0.29) is 5.82 Å². The third kappa shape index (κ3) is 1.77. The molecule has 2 heterocycles. The Morgan fingerprint density at radius 3 is 2.60 bits per heavy atom. The van der Waals surface area contributed by atoms with Gasteiger partial charge in [0, 0.05) is 24.5 Å². The standard InChI is InChI=1S/C17H17FN2/c18-14-7-9-15(10-8-14)20-12-13-4-1-2-5-16(13)19-11-3-6-17(19)20/h1-2,4-5,7-10,17H,3,6,11-12H2. The van der Waals surface area contributed by atoms with Gasteiger partial charge in [0.2, 0.25) is 0 Å². The van der Waals surface area contributed by atoms with Crippen LogP contribution < -0.4 is 9.80 Å². The summed E-state index contributed by atoms with van der Waals surface area (Å²) in [5.74, 6) is -0.172. The van der Waals surface area contributed by atoms with Gasteiger partial charge in [-0.05, 0) is 48.7 Å². The molecule has 2 aromatic carbocycles. The van der Waals surface area contributed by atoms with E-state index in [1.165, 1.54) is 24.1 Å². The van der Waals surface area contributed by atoms with Gasteiger partial charge in [-0.2, -0.15) is 0 Å². The molecule has 1 fully saturated rings. The first-order valence-electron chi connectivity index (χ1n) is 7.20. The summed E-state index contributed by atoms with van der Waals surface area (Å²) in [6.45, 7) is 2.02. The Labute approximate surface area is 118 Å². The summed E-state index contributed by atoms with van der Waals surface area (Å²) < 4.78 is 13.1. The predicted molar refractivity (Wildman–Crippen MR) is 79.4 cm³/mol. The Morgan fingerprint density at radius 1 is 0.950 bits per heavy atom. The lowest BCUT2D eigenvalue weighted by atomic mass is 10.1. The van der Waals surface area contributed by atoms with Crippen LogP contribution >= 0.6 is 0 Å². The van der Waals surface area contributed by atoms with E-state index in [0.717, 1.165) is 18.8 Å². The highest BCUT2D eigenvalue weighted by atomic mass is 19.1. The number of hydrogen-bond acceptors (Lipinski definition) is 2. The van der Waals surface area contributed by atoms with Crippen LogP contribution in [0.5, 0.6) is 0 Å². The van der Waals surface area contributed by atoms with E-state index < -0.39 is 0 Å². The molecular weight excluding hydrogens is 251 g/mol. The van der Waals surface area contributed by atoms with Crippen LogP contribution in [0.15, 0.2) is 48.5 Å². The van der Waals surface area contributed by atoms with Gasteiger partial charge in [-0.15, -0.1) is 0 Å². The highest BCUT2D eigenvalue weighted by molar-refractivity contribution is 5.63. The van der Waals surface area contributed by atoms with Crippen molar-refractivity contribution in [2.24, 2.45) is 0 Å². The van der Waals surface area contributed by atoms with E-state index in [1.807, 2.05) is 12.1 Å². The molecule has 0 aliphatic carbocycles. The molecule has 0 radical (unpaired) electrons. The number of hydrogen-bond donors (Lipinski definition) is 0. The van der Waals surface area contributed by atoms with Gasteiger partial charge in [-0.25, -0.2) is 4.39 Å². The van der Waals surface area contributed by atoms with E-state index in [2.05, 4.69) is 34.1 Å². The molecule has 0 amide bonds. The zero-order chi connectivity index (χ0) is 13.5. The third-order valence-corrected chi connectivity index (χ3v) is 4.38. The maximum atomic E-state index is 13.1. The van der Waals surface area contributed by atoms with Crippen molar-refractivity contribution in [1.82, 2.24) is 0 Å². The molecule has 1 atom stereocenters. The minimum Gasteiger partial charge on any atom is -0.351 e. The molecular formula is C17H17FN2. The Hall–Kier alpha value is -2.03. The summed E-state index contributed by atoms with van der Waals surface area (Å²) in [4.78, 5) is 4.89. The zero-order valence-corrected chi connectivity index (χ0v) is 11.3. The summed E-state index contributed by atoms with van der Waals surface area (Å²) in [6.07, 6.45) is 2.80. The molecule has 2 aromatic rings. The first-order chi connectivity index (χ1) is 9.83. The predicted octanol–water partition coefficient (Wildman–Crippen LogP) is 3.77. The normalized spacial score (nSPS) is 20.8. The number of anilines is 2. The number of rotatable bonds is 1. The number of para-hydroxylation sites is 1. The van der Waals surface area contributed by atoms with E-state index in [1.54, 1.807) is 12.1 Å². The van der Waals surface area contributed by atoms with Gasteiger partial charge in [-0.1, -0.05) is 18.2 Å². The number of benzene rings is 2. The fourth-order valence-corrected chi connectivity index (χ4v) is 3.46. The topological polar surface area (TPSA) is 6.48 Å². The molecule has 0 N–H and O–H groups in total. The van der Waals surface area contributed by atoms with Crippen LogP contribution in [-0.4, -0.2) is 12.7 Å². The van der Waals surface area contributed by atoms with Gasteiger partial charge in [0.15, 0.2) is 0 Å². The minimum atomic E-state index is -0.172. The van der Waals surface area contributed by atoms with Crippen molar-refractivity contribution in [3.63, 3.8) is 0 Å². The largest absolute Gasteiger partial charge is 0.351 e. The van der Waals surface area contributed by atoms with Gasteiger partial charge in [0.05, 0.1) is 0 Å². The maximum absolute atomic E-state index is 13.1. The van der Waals surface area contributed by atoms with Crippen molar-refractivity contribution < 1.29 is 4.39 Å². The zero-order valence-electron chi connectivity index (χ0n) is 11.3. The first kappa shape index (κ1) is 11.8. The summed E-state index contributed by atoms with van der Waals surface area (Å²) in [7, 11) is 0. The molecule has 20 heavy (non-hydrogen) atoms. The molecule has 1 saturated heterocycles. The fourth-order valence-electron chi connectivity index (χ4n) is 3.46. The van der Waals surface area contributed by atoms with Gasteiger partial charge in [-0.3, -0.25) is 0 Å². The summed E-state index contributed by atoms with van der Waals surface area (Å²) in [5, 5.41) is 0. The Bertz CT molecular complexity index is 623. The summed E-state index contributed by atoms with van der Waals surface area (Å²) in [5.41, 5.74) is 3.83. The highest BCUT2D eigenvalue weighted by Crippen LogP contribution is 2.38. The van der Waals surface area contributed by atoms with Crippen molar-refractivity contribution in [3.8, 4) is 0 Å². The lowest BCUT2D eigenvalue weighted by molar-refractivity contribution is 0.579. The van der Waals surface area contributed by atoms with E-state index in [0.29, 0.717) is 6.17 Å².